The van der Waals surface area contributed by atoms with Gasteiger partial charge in [-0.2, -0.15) is 0 Å². The van der Waals surface area contributed by atoms with Gasteiger partial charge >= 0.3 is 5.97 Å². The van der Waals surface area contributed by atoms with Crippen LogP contribution in [0.15, 0.2) is 53.4 Å². The first-order valence-electron chi connectivity index (χ1n) is 13.1. The number of ether oxygens (including phenoxy) is 3. The number of hydrogen-bond donors (Lipinski definition) is 1. The molecule has 1 unspecified atom stereocenters. The van der Waals surface area contributed by atoms with Crippen LogP contribution in [0, 0.1) is 5.92 Å². The summed E-state index contributed by atoms with van der Waals surface area (Å²) >= 11 is 1.55. The van der Waals surface area contributed by atoms with Gasteiger partial charge in [0, 0.05) is 11.7 Å². The molecule has 0 aromatic heterocycles. The maximum atomic E-state index is 13.8. The lowest BCUT2D eigenvalue weighted by Crippen LogP contribution is -2.48. The number of esters is 1. The molecule has 2 aromatic rings. The van der Waals surface area contributed by atoms with E-state index in [2.05, 4.69) is 12.2 Å². The highest BCUT2D eigenvalue weighted by molar-refractivity contribution is 8.05. The molecule has 0 bridgehead atoms. The molecule has 1 aliphatic carbocycles. The lowest BCUT2D eigenvalue weighted by atomic mass is 9.85. The van der Waals surface area contributed by atoms with Crippen molar-refractivity contribution in [3.05, 3.63) is 59.0 Å². The highest BCUT2D eigenvalue weighted by atomic mass is 32.2. The molecule has 1 heterocycles. The van der Waals surface area contributed by atoms with Crippen molar-refractivity contribution in [2.75, 3.05) is 25.1 Å². The first-order chi connectivity index (χ1) is 18.0. The Morgan fingerprint density at radius 1 is 1.05 bits per heavy atom. The molecule has 37 heavy (non-hydrogen) atoms. The SMILES string of the molecule is CCOC(=O)COc1ccc(/C=C2\SC(Nc3ccccc3)N([C@H]3CCCC[C@H]3C)C2=O)cc1OCC. The van der Waals surface area contributed by atoms with Crippen LogP contribution in [-0.2, 0) is 14.3 Å². The minimum absolute atomic E-state index is 0.0535. The molecule has 1 amide bonds. The van der Waals surface area contributed by atoms with Gasteiger partial charge in [0.25, 0.3) is 5.91 Å². The zero-order valence-corrected chi connectivity index (χ0v) is 22.6. The Morgan fingerprint density at radius 3 is 2.57 bits per heavy atom. The van der Waals surface area contributed by atoms with Gasteiger partial charge in [-0.1, -0.05) is 55.8 Å². The minimum Gasteiger partial charge on any atom is -0.490 e. The maximum absolute atomic E-state index is 13.8. The van der Waals surface area contributed by atoms with Crippen LogP contribution in [-0.4, -0.2) is 48.1 Å². The van der Waals surface area contributed by atoms with Crippen molar-refractivity contribution in [2.45, 2.75) is 58.0 Å². The van der Waals surface area contributed by atoms with E-state index in [1.165, 1.54) is 6.42 Å². The van der Waals surface area contributed by atoms with Crippen molar-refractivity contribution in [3.63, 3.8) is 0 Å². The van der Waals surface area contributed by atoms with Crippen LogP contribution in [0.1, 0.15) is 52.0 Å². The van der Waals surface area contributed by atoms with Gasteiger partial charge in [-0.25, -0.2) is 4.79 Å². The number of carbonyl (C=O) groups is 2. The second-order valence-electron chi connectivity index (χ2n) is 9.26. The third-order valence-electron chi connectivity index (χ3n) is 6.64. The molecule has 4 rings (SSSR count). The van der Waals surface area contributed by atoms with E-state index in [1.807, 2.05) is 60.4 Å². The predicted molar refractivity (Wildman–Crippen MR) is 147 cm³/mol. The number of anilines is 1. The molecule has 0 radical (unpaired) electrons. The summed E-state index contributed by atoms with van der Waals surface area (Å²) in [6.45, 7) is 6.45. The number of nitrogens with one attached hydrogen (secondary N) is 1. The molecule has 8 heteroatoms. The van der Waals surface area contributed by atoms with Crippen LogP contribution in [0.5, 0.6) is 11.5 Å². The van der Waals surface area contributed by atoms with Crippen LogP contribution in [0.4, 0.5) is 5.69 Å². The number of hydrogen-bond acceptors (Lipinski definition) is 7. The van der Waals surface area contributed by atoms with Crippen LogP contribution in [0.25, 0.3) is 6.08 Å². The third kappa shape index (κ3) is 6.80. The maximum Gasteiger partial charge on any atom is 0.344 e. The fourth-order valence-electron chi connectivity index (χ4n) is 4.86. The topological polar surface area (TPSA) is 77.1 Å². The number of thioether (sulfide) groups is 1. The Morgan fingerprint density at radius 2 is 1.84 bits per heavy atom. The van der Waals surface area contributed by atoms with Crippen molar-refractivity contribution in [3.8, 4) is 11.5 Å². The summed E-state index contributed by atoms with van der Waals surface area (Å²) < 4.78 is 16.3. The monoisotopic (exact) mass is 524 g/mol. The van der Waals surface area contributed by atoms with Crippen molar-refractivity contribution >= 4 is 35.4 Å². The van der Waals surface area contributed by atoms with Gasteiger partial charge in [0.2, 0.25) is 0 Å². The number of benzene rings is 2. The van der Waals surface area contributed by atoms with Gasteiger partial charge in [-0.3, -0.25) is 4.79 Å². The lowest BCUT2D eigenvalue weighted by Gasteiger charge is -2.39. The number of para-hydroxylation sites is 1. The lowest BCUT2D eigenvalue weighted by molar-refractivity contribution is -0.145. The van der Waals surface area contributed by atoms with Crippen LogP contribution in [0.3, 0.4) is 0 Å². The molecule has 1 N–H and O–H groups in total. The van der Waals surface area contributed by atoms with Crippen LogP contribution < -0.4 is 14.8 Å². The smallest absolute Gasteiger partial charge is 0.344 e. The number of rotatable bonds is 10. The predicted octanol–water partition coefficient (Wildman–Crippen LogP) is 5.92. The summed E-state index contributed by atoms with van der Waals surface area (Å²) in [5.74, 6) is 1.06. The fraction of sp³-hybridized carbons (Fsp3) is 0.448. The molecule has 198 valence electrons. The summed E-state index contributed by atoms with van der Waals surface area (Å²) in [5.41, 5.74) is 1.65. The first kappa shape index (κ1) is 26.9. The van der Waals surface area contributed by atoms with E-state index in [1.54, 1.807) is 24.8 Å². The Bertz CT molecular complexity index is 1110. The molecule has 1 saturated heterocycles. The zero-order chi connectivity index (χ0) is 26.2. The fourth-order valence-corrected chi connectivity index (χ4v) is 6.07. The van der Waals surface area contributed by atoms with Crippen molar-refractivity contribution in [1.82, 2.24) is 4.90 Å². The Hall–Kier alpha value is -3.13. The van der Waals surface area contributed by atoms with Crippen molar-refractivity contribution in [2.24, 2.45) is 5.92 Å². The van der Waals surface area contributed by atoms with E-state index in [-0.39, 0.29) is 24.1 Å². The van der Waals surface area contributed by atoms with Gasteiger partial charge in [-0.05, 0) is 68.5 Å². The largest absolute Gasteiger partial charge is 0.490 e. The third-order valence-corrected chi connectivity index (χ3v) is 7.75. The average Bonchev–Trinajstić information content (AvgIpc) is 3.19. The molecule has 2 aromatic carbocycles. The van der Waals surface area contributed by atoms with E-state index in [9.17, 15) is 9.59 Å². The second kappa shape index (κ2) is 12.9. The number of nitrogens with zero attached hydrogens (tertiary/aromatic N) is 1. The summed E-state index contributed by atoms with van der Waals surface area (Å²) in [7, 11) is 0. The summed E-state index contributed by atoms with van der Waals surface area (Å²) in [6, 6.07) is 15.7. The van der Waals surface area contributed by atoms with E-state index in [0.717, 1.165) is 30.5 Å². The molecule has 2 fully saturated rings. The van der Waals surface area contributed by atoms with Gasteiger partial charge in [0.1, 0.15) is 0 Å². The number of amides is 1. The first-order valence-corrected chi connectivity index (χ1v) is 14.0. The number of carbonyl (C=O) groups excluding carboxylic acids is 2. The molecule has 3 atom stereocenters. The van der Waals surface area contributed by atoms with Crippen molar-refractivity contribution < 1.29 is 23.8 Å². The molecular weight excluding hydrogens is 488 g/mol. The van der Waals surface area contributed by atoms with Crippen LogP contribution in [0.2, 0.25) is 0 Å². The highest BCUT2D eigenvalue weighted by Gasteiger charge is 2.42. The molecule has 1 aliphatic heterocycles. The Balaban J connectivity index is 1.58. The molecular formula is C29H36N2O5S. The standard InChI is InChI=1S/C29H36N2O5S/c1-4-34-25-17-21(15-16-24(25)36-19-27(32)35-5-2)18-26-28(33)31(23-14-10-9-11-20(23)3)29(37-26)30-22-12-7-6-8-13-22/h6-8,12-13,15-18,20,23,29-30H,4-5,9-11,14,19H2,1-3H3/b26-18-/t20-,23+,29?/m1/s1. The van der Waals surface area contributed by atoms with E-state index in [4.69, 9.17) is 14.2 Å². The molecule has 1 saturated carbocycles. The van der Waals surface area contributed by atoms with E-state index < -0.39 is 5.97 Å². The summed E-state index contributed by atoms with van der Waals surface area (Å²) in [5, 5.41) is 3.57. The van der Waals surface area contributed by atoms with Crippen LogP contribution >= 0.6 is 11.8 Å². The second-order valence-corrected chi connectivity index (χ2v) is 10.4. The molecule has 0 spiro atoms. The van der Waals surface area contributed by atoms with Crippen molar-refractivity contribution in [1.29, 1.82) is 0 Å². The molecule has 2 aliphatic rings. The van der Waals surface area contributed by atoms with Gasteiger partial charge < -0.3 is 24.4 Å². The normalized spacial score (nSPS) is 22.7. The average molecular weight is 525 g/mol. The Labute approximate surface area is 223 Å². The van der Waals surface area contributed by atoms with Gasteiger partial charge in [0.05, 0.1) is 18.1 Å². The van der Waals surface area contributed by atoms with E-state index >= 15 is 0 Å². The zero-order valence-electron chi connectivity index (χ0n) is 21.8. The quantitative estimate of drug-likeness (QED) is 0.305. The van der Waals surface area contributed by atoms with E-state index in [0.29, 0.717) is 35.5 Å². The summed E-state index contributed by atoms with van der Waals surface area (Å²) in [6.07, 6.45) is 6.44. The van der Waals surface area contributed by atoms with Gasteiger partial charge in [0.15, 0.2) is 23.6 Å². The van der Waals surface area contributed by atoms with Gasteiger partial charge in [-0.15, -0.1) is 0 Å². The molecule has 7 nitrogen and oxygen atoms in total. The highest BCUT2D eigenvalue weighted by Crippen LogP contribution is 2.42. The Kier molecular flexibility index (Phi) is 9.39. The minimum atomic E-state index is -0.432. The summed E-state index contributed by atoms with van der Waals surface area (Å²) in [4.78, 5) is 28.2.